The molecule has 162 valence electrons. The summed E-state index contributed by atoms with van der Waals surface area (Å²) >= 11 is 0. The van der Waals surface area contributed by atoms with Crippen molar-refractivity contribution in [1.29, 1.82) is 0 Å². The van der Waals surface area contributed by atoms with Crippen molar-refractivity contribution in [3.05, 3.63) is 89.9 Å². The molecule has 2 aromatic carbocycles. The van der Waals surface area contributed by atoms with Gasteiger partial charge in [-0.3, -0.25) is 0 Å². The Morgan fingerprint density at radius 1 is 1.00 bits per heavy atom. The van der Waals surface area contributed by atoms with Crippen molar-refractivity contribution in [3.63, 3.8) is 0 Å². The number of amides is 2. The molecular formula is C24H23N5O3. The van der Waals surface area contributed by atoms with Crippen molar-refractivity contribution in [2.45, 2.75) is 13.0 Å². The predicted molar refractivity (Wildman–Crippen MR) is 122 cm³/mol. The first-order chi connectivity index (χ1) is 15.6. The second-order valence-electron chi connectivity index (χ2n) is 7.15. The molecular weight excluding hydrogens is 406 g/mol. The fraction of sp³-hybridized carbons (Fsp3) is 0.167. The van der Waals surface area contributed by atoms with Crippen molar-refractivity contribution in [2.24, 2.45) is 0 Å². The standard InChI is InChI=1S/C24H23N5O3/c1-32-23(30)18-9-11-19(12-10-18)27-24(31)26-15-13-21-28-20-8-5-14-25-22(20)29(21)16-17-6-3-2-4-7-17/h2-12,14H,13,15-16H2,1H3,(H2,26,27,31). The fourth-order valence-corrected chi connectivity index (χ4v) is 3.40. The number of fused-ring (bicyclic) bond motifs is 1. The molecule has 0 spiro atoms. The van der Waals surface area contributed by atoms with Gasteiger partial charge < -0.3 is 19.9 Å². The lowest BCUT2D eigenvalue weighted by Crippen LogP contribution is -2.31. The second-order valence-corrected chi connectivity index (χ2v) is 7.15. The van der Waals surface area contributed by atoms with E-state index >= 15 is 0 Å². The molecule has 4 rings (SSSR count). The van der Waals surface area contributed by atoms with Gasteiger partial charge in [-0.15, -0.1) is 0 Å². The van der Waals surface area contributed by atoms with Gasteiger partial charge in [0, 0.05) is 24.8 Å². The number of methoxy groups -OCH3 is 1. The summed E-state index contributed by atoms with van der Waals surface area (Å²) in [4.78, 5) is 33.0. The average molecular weight is 429 g/mol. The third-order valence-electron chi connectivity index (χ3n) is 4.96. The minimum atomic E-state index is -0.422. The van der Waals surface area contributed by atoms with Crippen molar-refractivity contribution >= 4 is 28.9 Å². The van der Waals surface area contributed by atoms with Gasteiger partial charge in [0.1, 0.15) is 11.3 Å². The van der Waals surface area contributed by atoms with Crippen molar-refractivity contribution in [1.82, 2.24) is 19.9 Å². The minimum Gasteiger partial charge on any atom is -0.465 e. The molecule has 0 radical (unpaired) electrons. The molecule has 0 saturated carbocycles. The zero-order chi connectivity index (χ0) is 22.3. The topological polar surface area (TPSA) is 98.1 Å². The van der Waals surface area contributed by atoms with Crippen LogP contribution in [-0.2, 0) is 17.7 Å². The normalized spacial score (nSPS) is 10.7. The van der Waals surface area contributed by atoms with Gasteiger partial charge in [0.05, 0.1) is 19.2 Å². The number of carbonyl (C=O) groups is 2. The first-order valence-corrected chi connectivity index (χ1v) is 10.2. The van der Waals surface area contributed by atoms with Gasteiger partial charge in [-0.05, 0) is 42.0 Å². The van der Waals surface area contributed by atoms with Crippen LogP contribution >= 0.6 is 0 Å². The van der Waals surface area contributed by atoms with Gasteiger partial charge in [0.15, 0.2) is 5.65 Å². The zero-order valence-corrected chi connectivity index (χ0v) is 17.6. The lowest BCUT2D eigenvalue weighted by atomic mass is 10.2. The molecule has 0 unspecified atom stereocenters. The third-order valence-corrected chi connectivity index (χ3v) is 4.96. The maximum absolute atomic E-state index is 12.3. The van der Waals surface area contributed by atoms with Crippen LogP contribution in [0.25, 0.3) is 11.2 Å². The van der Waals surface area contributed by atoms with Gasteiger partial charge in [0.2, 0.25) is 0 Å². The number of anilines is 1. The fourth-order valence-electron chi connectivity index (χ4n) is 3.40. The Morgan fingerprint density at radius 3 is 2.53 bits per heavy atom. The Balaban J connectivity index is 1.39. The van der Waals surface area contributed by atoms with E-state index in [9.17, 15) is 9.59 Å². The van der Waals surface area contributed by atoms with E-state index in [1.807, 2.05) is 30.3 Å². The SMILES string of the molecule is COC(=O)c1ccc(NC(=O)NCCc2nc3cccnc3n2Cc2ccccc2)cc1. The number of carbonyl (C=O) groups excluding carboxylic acids is 2. The Kier molecular flexibility index (Phi) is 6.41. The number of hydrogen-bond donors (Lipinski definition) is 2. The third kappa shape index (κ3) is 4.92. The smallest absolute Gasteiger partial charge is 0.337 e. The highest BCUT2D eigenvalue weighted by Crippen LogP contribution is 2.16. The van der Waals surface area contributed by atoms with E-state index in [2.05, 4.69) is 37.1 Å². The zero-order valence-electron chi connectivity index (χ0n) is 17.6. The van der Waals surface area contributed by atoms with Gasteiger partial charge >= 0.3 is 12.0 Å². The van der Waals surface area contributed by atoms with E-state index in [0.717, 1.165) is 22.6 Å². The summed E-state index contributed by atoms with van der Waals surface area (Å²) in [5.74, 6) is 0.430. The maximum Gasteiger partial charge on any atom is 0.337 e. The van der Waals surface area contributed by atoms with E-state index in [1.165, 1.54) is 7.11 Å². The number of hydrogen-bond acceptors (Lipinski definition) is 5. The molecule has 4 aromatic rings. The highest BCUT2D eigenvalue weighted by Gasteiger charge is 2.13. The molecule has 8 heteroatoms. The lowest BCUT2D eigenvalue weighted by molar-refractivity contribution is 0.0600. The summed E-state index contributed by atoms with van der Waals surface area (Å²) in [6.07, 6.45) is 2.31. The number of nitrogens with zero attached hydrogens (tertiary/aromatic N) is 3. The van der Waals surface area contributed by atoms with E-state index in [4.69, 9.17) is 4.98 Å². The predicted octanol–water partition coefficient (Wildman–Crippen LogP) is 3.63. The number of pyridine rings is 1. The molecule has 2 heterocycles. The average Bonchev–Trinajstić information content (AvgIpc) is 3.17. The van der Waals surface area contributed by atoms with Gasteiger partial charge in [-0.2, -0.15) is 0 Å². The first-order valence-electron chi connectivity index (χ1n) is 10.2. The van der Waals surface area contributed by atoms with Crippen LogP contribution < -0.4 is 10.6 Å². The first kappa shape index (κ1) is 21.0. The molecule has 32 heavy (non-hydrogen) atoms. The molecule has 0 saturated heterocycles. The van der Waals surface area contributed by atoms with Crippen LogP contribution in [0.1, 0.15) is 21.7 Å². The number of aromatic nitrogens is 3. The number of rotatable bonds is 7. The second kappa shape index (κ2) is 9.74. The van der Waals surface area contributed by atoms with E-state index < -0.39 is 5.97 Å². The van der Waals surface area contributed by atoms with Crippen LogP contribution in [-0.4, -0.2) is 40.2 Å². The van der Waals surface area contributed by atoms with Crippen LogP contribution in [0.5, 0.6) is 0 Å². The Bertz CT molecular complexity index is 1220. The number of imidazole rings is 1. The maximum atomic E-state index is 12.3. The monoisotopic (exact) mass is 429 g/mol. The van der Waals surface area contributed by atoms with Gasteiger partial charge in [0.25, 0.3) is 0 Å². The highest BCUT2D eigenvalue weighted by atomic mass is 16.5. The summed E-state index contributed by atoms with van der Waals surface area (Å²) in [7, 11) is 1.33. The van der Waals surface area contributed by atoms with Crippen molar-refractivity contribution in [3.8, 4) is 0 Å². The number of nitrogens with one attached hydrogen (secondary N) is 2. The molecule has 0 fully saturated rings. The molecule has 2 amide bonds. The highest BCUT2D eigenvalue weighted by molar-refractivity contribution is 5.92. The lowest BCUT2D eigenvalue weighted by Gasteiger charge is -2.10. The summed E-state index contributed by atoms with van der Waals surface area (Å²) < 4.78 is 6.75. The Morgan fingerprint density at radius 2 is 1.78 bits per heavy atom. The molecule has 0 bridgehead atoms. The quantitative estimate of drug-likeness (QED) is 0.437. The number of esters is 1. The van der Waals surface area contributed by atoms with Crippen LogP contribution in [0.3, 0.4) is 0 Å². The van der Waals surface area contributed by atoms with Crippen molar-refractivity contribution in [2.75, 3.05) is 19.0 Å². The summed E-state index contributed by atoms with van der Waals surface area (Å²) in [6.45, 7) is 1.06. The number of urea groups is 1. The summed E-state index contributed by atoms with van der Waals surface area (Å²) in [6, 6.07) is 20.1. The number of benzene rings is 2. The van der Waals surface area contributed by atoms with Gasteiger partial charge in [-0.25, -0.2) is 19.6 Å². The van der Waals surface area contributed by atoms with E-state index in [-0.39, 0.29) is 6.03 Å². The Hall–Kier alpha value is -4.20. The van der Waals surface area contributed by atoms with Crippen molar-refractivity contribution < 1.29 is 14.3 Å². The van der Waals surface area contributed by atoms with Gasteiger partial charge in [-0.1, -0.05) is 30.3 Å². The molecule has 2 aromatic heterocycles. The van der Waals surface area contributed by atoms with Crippen LogP contribution in [0.2, 0.25) is 0 Å². The molecule has 0 aliphatic rings. The summed E-state index contributed by atoms with van der Waals surface area (Å²) in [5, 5.41) is 5.60. The van der Waals surface area contributed by atoms with Crippen LogP contribution in [0, 0.1) is 0 Å². The Labute approximate surface area is 185 Å². The molecule has 8 nitrogen and oxygen atoms in total. The van der Waals surface area contributed by atoms with E-state index in [1.54, 1.807) is 30.5 Å². The molecule has 0 aliphatic carbocycles. The molecule has 0 atom stereocenters. The summed E-state index contributed by atoms with van der Waals surface area (Å²) in [5.41, 5.74) is 3.80. The number of ether oxygens (including phenoxy) is 1. The minimum absolute atomic E-state index is 0.334. The van der Waals surface area contributed by atoms with Crippen LogP contribution in [0.15, 0.2) is 72.9 Å². The molecule has 2 N–H and O–H groups in total. The molecule has 0 aliphatic heterocycles. The van der Waals surface area contributed by atoms with Crippen LogP contribution in [0.4, 0.5) is 10.5 Å². The largest absolute Gasteiger partial charge is 0.465 e. The van der Waals surface area contributed by atoms with E-state index in [0.29, 0.717) is 30.8 Å².